The molecule has 18 heavy (non-hydrogen) atoms. The number of ether oxygens (including phenoxy) is 2. The molecule has 0 bridgehead atoms. The Labute approximate surface area is 109 Å². The summed E-state index contributed by atoms with van der Waals surface area (Å²) in [6.45, 7) is 5.77. The summed E-state index contributed by atoms with van der Waals surface area (Å²) in [6, 6.07) is 10.0. The second-order valence-corrected chi connectivity index (χ2v) is 4.88. The second kappa shape index (κ2) is 7.39. The predicted molar refractivity (Wildman–Crippen MR) is 72.9 cm³/mol. The SMILES string of the molecule is CCCO[C@@H]1CNC[C@@H](COc2ccccc2)C1. The molecule has 0 aliphatic carbocycles. The summed E-state index contributed by atoms with van der Waals surface area (Å²) < 4.78 is 11.6. The van der Waals surface area contributed by atoms with Crippen LogP contribution in [0.15, 0.2) is 30.3 Å². The molecule has 0 spiro atoms. The Morgan fingerprint density at radius 1 is 1.22 bits per heavy atom. The second-order valence-electron chi connectivity index (χ2n) is 4.88. The average molecular weight is 249 g/mol. The highest BCUT2D eigenvalue weighted by atomic mass is 16.5. The van der Waals surface area contributed by atoms with E-state index in [2.05, 4.69) is 12.2 Å². The summed E-state index contributed by atoms with van der Waals surface area (Å²) in [4.78, 5) is 0. The van der Waals surface area contributed by atoms with Crippen LogP contribution in [-0.2, 0) is 4.74 Å². The van der Waals surface area contributed by atoms with Crippen molar-refractivity contribution in [2.45, 2.75) is 25.9 Å². The van der Waals surface area contributed by atoms with Crippen molar-refractivity contribution < 1.29 is 9.47 Å². The van der Waals surface area contributed by atoms with Crippen LogP contribution >= 0.6 is 0 Å². The normalized spacial score (nSPS) is 23.8. The number of nitrogens with one attached hydrogen (secondary N) is 1. The molecule has 2 atom stereocenters. The highest BCUT2D eigenvalue weighted by molar-refractivity contribution is 5.20. The van der Waals surface area contributed by atoms with E-state index in [4.69, 9.17) is 9.47 Å². The molecule has 1 fully saturated rings. The minimum Gasteiger partial charge on any atom is -0.493 e. The predicted octanol–water partition coefficient (Wildman–Crippen LogP) is 2.47. The van der Waals surface area contributed by atoms with Gasteiger partial charge in [-0.15, -0.1) is 0 Å². The van der Waals surface area contributed by atoms with Gasteiger partial charge in [-0.05, 0) is 25.0 Å². The third kappa shape index (κ3) is 4.31. The van der Waals surface area contributed by atoms with Gasteiger partial charge in [0.2, 0.25) is 0 Å². The third-order valence-corrected chi connectivity index (χ3v) is 3.19. The molecule has 0 radical (unpaired) electrons. The summed E-state index contributed by atoms with van der Waals surface area (Å²) in [5.74, 6) is 1.50. The van der Waals surface area contributed by atoms with E-state index < -0.39 is 0 Å². The lowest BCUT2D eigenvalue weighted by atomic mass is 9.98. The number of hydrogen-bond acceptors (Lipinski definition) is 3. The van der Waals surface area contributed by atoms with Gasteiger partial charge in [0.25, 0.3) is 0 Å². The van der Waals surface area contributed by atoms with E-state index in [1.165, 1.54) is 0 Å². The maximum absolute atomic E-state index is 5.80. The van der Waals surface area contributed by atoms with Gasteiger partial charge >= 0.3 is 0 Å². The standard InChI is InChI=1S/C15H23NO2/c1-2-8-17-15-9-13(10-16-11-15)12-18-14-6-4-3-5-7-14/h3-7,13,15-16H,2,8-12H2,1H3/t13-,15-/m0/s1. The molecule has 1 aliphatic heterocycles. The first kappa shape index (κ1) is 13.4. The molecule has 1 heterocycles. The molecule has 1 aliphatic rings. The minimum atomic E-state index is 0.350. The summed E-state index contributed by atoms with van der Waals surface area (Å²) in [6.07, 6.45) is 2.53. The maximum Gasteiger partial charge on any atom is 0.119 e. The first-order chi connectivity index (χ1) is 8.88. The molecule has 1 saturated heterocycles. The van der Waals surface area contributed by atoms with E-state index in [0.717, 1.165) is 44.9 Å². The van der Waals surface area contributed by atoms with E-state index in [1.807, 2.05) is 30.3 Å². The lowest BCUT2D eigenvalue weighted by molar-refractivity contribution is 0.0155. The molecule has 0 saturated carbocycles. The first-order valence-corrected chi connectivity index (χ1v) is 6.88. The van der Waals surface area contributed by atoms with E-state index in [9.17, 15) is 0 Å². The van der Waals surface area contributed by atoms with Crippen molar-refractivity contribution in [3.63, 3.8) is 0 Å². The first-order valence-electron chi connectivity index (χ1n) is 6.88. The van der Waals surface area contributed by atoms with Gasteiger partial charge in [0, 0.05) is 25.6 Å². The Morgan fingerprint density at radius 2 is 2.06 bits per heavy atom. The van der Waals surface area contributed by atoms with Crippen molar-refractivity contribution in [3.8, 4) is 5.75 Å². The zero-order valence-electron chi connectivity index (χ0n) is 11.1. The van der Waals surface area contributed by atoms with Gasteiger partial charge in [0.05, 0.1) is 12.7 Å². The Bertz CT molecular complexity index is 329. The molecule has 3 heteroatoms. The fourth-order valence-electron chi connectivity index (χ4n) is 2.26. The molecule has 1 N–H and O–H groups in total. The van der Waals surface area contributed by atoms with Crippen molar-refractivity contribution in [2.24, 2.45) is 5.92 Å². The van der Waals surface area contributed by atoms with Crippen molar-refractivity contribution in [3.05, 3.63) is 30.3 Å². The van der Waals surface area contributed by atoms with Gasteiger partial charge in [-0.25, -0.2) is 0 Å². The van der Waals surface area contributed by atoms with E-state index in [-0.39, 0.29) is 0 Å². The molecule has 3 nitrogen and oxygen atoms in total. The number of piperidine rings is 1. The van der Waals surface area contributed by atoms with Gasteiger partial charge < -0.3 is 14.8 Å². The van der Waals surface area contributed by atoms with Crippen LogP contribution in [0.4, 0.5) is 0 Å². The fraction of sp³-hybridized carbons (Fsp3) is 0.600. The Hall–Kier alpha value is -1.06. The van der Waals surface area contributed by atoms with Crippen LogP contribution in [-0.4, -0.2) is 32.4 Å². The summed E-state index contributed by atoms with van der Waals surface area (Å²) in [7, 11) is 0. The monoisotopic (exact) mass is 249 g/mol. The lowest BCUT2D eigenvalue weighted by Gasteiger charge is -2.29. The molecule has 2 rings (SSSR count). The molecule has 1 aromatic rings. The van der Waals surface area contributed by atoms with Crippen molar-refractivity contribution >= 4 is 0 Å². The largest absolute Gasteiger partial charge is 0.493 e. The molecule has 0 amide bonds. The topological polar surface area (TPSA) is 30.5 Å². The van der Waals surface area contributed by atoms with E-state index in [0.29, 0.717) is 12.0 Å². The summed E-state index contributed by atoms with van der Waals surface area (Å²) >= 11 is 0. The van der Waals surface area contributed by atoms with Crippen LogP contribution in [0.1, 0.15) is 19.8 Å². The van der Waals surface area contributed by atoms with Crippen molar-refractivity contribution in [2.75, 3.05) is 26.3 Å². The molecular formula is C15H23NO2. The van der Waals surface area contributed by atoms with Gasteiger partial charge in [-0.1, -0.05) is 25.1 Å². The van der Waals surface area contributed by atoms with Crippen LogP contribution in [0.3, 0.4) is 0 Å². The molecule has 0 aromatic heterocycles. The smallest absolute Gasteiger partial charge is 0.119 e. The molecular weight excluding hydrogens is 226 g/mol. The highest BCUT2D eigenvalue weighted by Gasteiger charge is 2.22. The third-order valence-electron chi connectivity index (χ3n) is 3.19. The van der Waals surface area contributed by atoms with Gasteiger partial charge in [-0.3, -0.25) is 0 Å². The summed E-state index contributed by atoms with van der Waals surface area (Å²) in [5, 5.41) is 3.43. The van der Waals surface area contributed by atoms with E-state index in [1.54, 1.807) is 0 Å². The average Bonchev–Trinajstić information content (AvgIpc) is 2.44. The number of rotatable bonds is 6. The highest BCUT2D eigenvalue weighted by Crippen LogP contribution is 2.16. The van der Waals surface area contributed by atoms with Crippen LogP contribution in [0.25, 0.3) is 0 Å². The molecule has 0 unspecified atom stereocenters. The zero-order valence-corrected chi connectivity index (χ0v) is 11.1. The maximum atomic E-state index is 5.80. The fourth-order valence-corrected chi connectivity index (χ4v) is 2.26. The Morgan fingerprint density at radius 3 is 2.83 bits per heavy atom. The molecule has 1 aromatic carbocycles. The van der Waals surface area contributed by atoms with Gasteiger partial charge in [0.1, 0.15) is 5.75 Å². The lowest BCUT2D eigenvalue weighted by Crippen LogP contribution is -2.42. The molecule has 100 valence electrons. The number of hydrogen-bond donors (Lipinski definition) is 1. The Balaban J connectivity index is 1.72. The Kier molecular flexibility index (Phi) is 5.49. The quantitative estimate of drug-likeness (QED) is 0.840. The summed E-state index contributed by atoms with van der Waals surface area (Å²) in [5.41, 5.74) is 0. The van der Waals surface area contributed by atoms with Crippen LogP contribution in [0, 0.1) is 5.92 Å². The van der Waals surface area contributed by atoms with Crippen molar-refractivity contribution in [1.29, 1.82) is 0 Å². The van der Waals surface area contributed by atoms with Crippen LogP contribution in [0.2, 0.25) is 0 Å². The van der Waals surface area contributed by atoms with Gasteiger partial charge in [-0.2, -0.15) is 0 Å². The zero-order chi connectivity index (χ0) is 12.6. The number of para-hydroxylation sites is 1. The minimum absolute atomic E-state index is 0.350. The van der Waals surface area contributed by atoms with Crippen LogP contribution < -0.4 is 10.1 Å². The van der Waals surface area contributed by atoms with Gasteiger partial charge in [0.15, 0.2) is 0 Å². The van der Waals surface area contributed by atoms with Crippen molar-refractivity contribution in [1.82, 2.24) is 5.32 Å². The van der Waals surface area contributed by atoms with Crippen LogP contribution in [0.5, 0.6) is 5.75 Å². The number of benzene rings is 1. The van der Waals surface area contributed by atoms with E-state index >= 15 is 0 Å².